The Hall–Kier alpha value is -1.75. The Morgan fingerprint density at radius 2 is 1.06 bits per heavy atom. The summed E-state index contributed by atoms with van der Waals surface area (Å²) in [5, 5.41) is 0. The molecule has 0 spiro atoms. The van der Waals surface area contributed by atoms with Crippen molar-refractivity contribution in [1.29, 1.82) is 0 Å². The molecule has 0 aromatic carbocycles. The zero-order chi connectivity index (χ0) is 21.9. The SMILES string of the molecule is CCC[CH2][Sn]([CH2]CCC)([CH2]CCC)[c]1cc(-c2ccccn2)nc(-c2ccccn2)c1. The average Bonchev–Trinajstić information content (AvgIpc) is 2.84. The third-order valence-electron chi connectivity index (χ3n) is 6.32. The van der Waals surface area contributed by atoms with Crippen LogP contribution in [0.5, 0.6) is 0 Å². The summed E-state index contributed by atoms with van der Waals surface area (Å²) in [5.41, 5.74) is 3.93. The third-order valence-corrected chi connectivity index (χ3v) is 21.9. The van der Waals surface area contributed by atoms with Crippen molar-refractivity contribution < 1.29 is 0 Å². The molecule has 3 nitrogen and oxygen atoms in total. The van der Waals surface area contributed by atoms with Gasteiger partial charge in [0.25, 0.3) is 0 Å². The maximum atomic E-state index is 5.04. The standard InChI is InChI=1S/C15H10N3.3C4H9.Sn/c1-3-10-16-12(6-1)14-8-5-9-15(18-14)13-7-2-4-11-17-13;3*1-3-4-2;/h1-4,6-11H;3*1,3-4H2,2H3;. The van der Waals surface area contributed by atoms with Gasteiger partial charge in [0, 0.05) is 0 Å². The van der Waals surface area contributed by atoms with Crippen LogP contribution in [0.2, 0.25) is 13.3 Å². The van der Waals surface area contributed by atoms with Crippen LogP contribution in [-0.4, -0.2) is 33.3 Å². The first-order valence-corrected chi connectivity index (χ1v) is 19.6. The van der Waals surface area contributed by atoms with E-state index < -0.39 is 18.4 Å². The summed E-state index contributed by atoms with van der Waals surface area (Å²) < 4.78 is 5.95. The predicted octanol–water partition coefficient (Wildman–Crippen LogP) is 7.26. The van der Waals surface area contributed by atoms with E-state index in [1.165, 1.54) is 51.8 Å². The Labute approximate surface area is 192 Å². The molecular formula is C27H37N3Sn. The molecular weight excluding hydrogens is 485 g/mol. The molecule has 0 radical (unpaired) electrons. The quantitative estimate of drug-likeness (QED) is 0.235. The van der Waals surface area contributed by atoms with Gasteiger partial charge in [-0.25, -0.2) is 0 Å². The van der Waals surface area contributed by atoms with Crippen LogP contribution in [0.3, 0.4) is 0 Å². The number of hydrogen-bond acceptors (Lipinski definition) is 3. The van der Waals surface area contributed by atoms with Crippen molar-refractivity contribution in [2.45, 2.75) is 72.6 Å². The van der Waals surface area contributed by atoms with Crippen molar-refractivity contribution in [3.63, 3.8) is 0 Å². The molecule has 0 atom stereocenters. The fourth-order valence-electron chi connectivity index (χ4n) is 4.48. The van der Waals surface area contributed by atoms with Crippen molar-refractivity contribution in [3.05, 3.63) is 60.9 Å². The van der Waals surface area contributed by atoms with Gasteiger partial charge < -0.3 is 0 Å². The summed E-state index contributed by atoms with van der Waals surface area (Å²) in [6, 6.07) is 17.0. The van der Waals surface area contributed by atoms with Gasteiger partial charge in [0.15, 0.2) is 0 Å². The molecule has 0 aliphatic rings. The second-order valence-corrected chi connectivity index (χ2v) is 21.9. The molecule has 0 unspecified atom stereocenters. The van der Waals surface area contributed by atoms with E-state index in [2.05, 4.69) is 67.1 Å². The van der Waals surface area contributed by atoms with E-state index in [9.17, 15) is 0 Å². The van der Waals surface area contributed by atoms with Crippen molar-refractivity contribution in [2.75, 3.05) is 0 Å². The predicted molar refractivity (Wildman–Crippen MR) is 135 cm³/mol. The van der Waals surface area contributed by atoms with Gasteiger partial charge in [-0.3, -0.25) is 0 Å². The van der Waals surface area contributed by atoms with Gasteiger partial charge in [0.05, 0.1) is 0 Å². The van der Waals surface area contributed by atoms with Gasteiger partial charge >= 0.3 is 193 Å². The summed E-state index contributed by atoms with van der Waals surface area (Å²) in [5.74, 6) is 0. The molecule has 0 saturated heterocycles. The molecule has 0 amide bonds. The Morgan fingerprint density at radius 1 is 0.613 bits per heavy atom. The van der Waals surface area contributed by atoms with Crippen LogP contribution in [0.25, 0.3) is 22.8 Å². The first-order chi connectivity index (χ1) is 15.2. The number of rotatable bonds is 12. The van der Waals surface area contributed by atoms with Crippen LogP contribution in [0.1, 0.15) is 59.3 Å². The number of pyridine rings is 3. The molecule has 0 aliphatic carbocycles. The molecule has 4 heteroatoms. The Bertz CT molecular complexity index is 833. The minimum atomic E-state index is -2.61. The van der Waals surface area contributed by atoms with E-state index in [1.807, 2.05) is 24.5 Å². The van der Waals surface area contributed by atoms with Crippen LogP contribution >= 0.6 is 0 Å². The summed E-state index contributed by atoms with van der Waals surface area (Å²) in [6.07, 6.45) is 11.6. The molecule has 0 bridgehead atoms. The molecule has 164 valence electrons. The number of hydrogen-bond donors (Lipinski definition) is 0. The van der Waals surface area contributed by atoms with Crippen molar-refractivity contribution in [1.82, 2.24) is 15.0 Å². The first-order valence-electron chi connectivity index (χ1n) is 12.1. The summed E-state index contributed by atoms with van der Waals surface area (Å²) >= 11 is -2.61. The normalized spacial score (nSPS) is 11.6. The van der Waals surface area contributed by atoms with E-state index in [0.29, 0.717) is 0 Å². The summed E-state index contributed by atoms with van der Waals surface area (Å²) in [4.78, 5) is 14.3. The van der Waals surface area contributed by atoms with Crippen molar-refractivity contribution >= 4 is 22.0 Å². The number of unbranched alkanes of at least 4 members (excludes halogenated alkanes) is 3. The first kappa shape index (κ1) is 23.9. The number of nitrogens with zero attached hydrogens (tertiary/aromatic N) is 3. The van der Waals surface area contributed by atoms with E-state index in [0.717, 1.165) is 22.8 Å². The van der Waals surface area contributed by atoms with Crippen LogP contribution in [0, 0.1) is 0 Å². The van der Waals surface area contributed by atoms with E-state index >= 15 is 0 Å². The van der Waals surface area contributed by atoms with Crippen LogP contribution in [0.4, 0.5) is 0 Å². The molecule has 0 saturated carbocycles. The molecule has 0 N–H and O–H groups in total. The topological polar surface area (TPSA) is 38.7 Å². The summed E-state index contributed by atoms with van der Waals surface area (Å²) in [7, 11) is 0. The van der Waals surface area contributed by atoms with Gasteiger partial charge in [-0.2, -0.15) is 0 Å². The van der Waals surface area contributed by atoms with E-state index in [-0.39, 0.29) is 0 Å². The molecule has 31 heavy (non-hydrogen) atoms. The van der Waals surface area contributed by atoms with Gasteiger partial charge in [-0.05, 0) is 0 Å². The number of aromatic nitrogens is 3. The van der Waals surface area contributed by atoms with Crippen molar-refractivity contribution in [3.8, 4) is 22.8 Å². The second-order valence-electron chi connectivity index (χ2n) is 8.65. The fourth-order valence-corrected chi connectivity index (χ4v) is 20.4. The fraction of sp³-hybridized carbons (Fsp3) is 0.444. The van der Waals surface area contributed by atoms with Crippen LogP contribution in [0.15, 0.2) is 60.9 Å². The Kier molecular flexibility index (Phi) is 9.50. The monoisotopic (exact) mass is 523 g/mol. The van der Waals surface area contributed by atoms with Gasteiger partial charge in [-0.15, -0.1) is 0 Å². The Morgan fingerprint density at radius 3 is 1.42 bits per heavy atom. The zero-order valence-electron chi connectivity index (χ0n) is 19.5. The molecule has 0 fully saturated rings. The maximum absolute atomic E-state index is 5.04. The van der Waals surface area contributed by atoms with Gasteiger partial charge in [0.1, 0.15) is 0 Å². The molecule has 3 aromatic rings. The van der Waals surface area contributed by atoms with Crippen LogP contribution < -0.4 is 3.58 Å². The third kappa shape index (κ3) is 6.38. The minimum absolute atomic E-state index is 0.961. The molecule has 3 rings (SSSR count). The second kappa shape index (κ2) is 12.3. The molecule has 3 heterocycles. The molecule has 3 aromatic heterocycles. The van der Waals surface area contributed by atoms with Crippen LogP contribution in [-0.2, 0) is 0 Å². The average molecular weight is 522 g/mol. The van der Waals surface area contributed by atoms with E-state index in [1.54, 1.807) is 3.58 Å². The van der Waals surface area contributed by atoms with Gasteiger partial charge in [-0.1, -0.05) is 0 Å². The van der Waals surface area contributed by atoms with Gasteiger partial charge in [0.2, 0.25) is 0 Å². The zero-order valence-corrected chi connectivity index (χ0v) is 22.3. The Balaban J connectivity index is 2.18. The summed E-state index contributed by atoms with van der Waals surface area (Å²) in [6.45, 7) is 7.00. The van der Waals surface area contributed by atoms with Crippen molar-refractivity contribution in [2.24, 2.45) is 0 Å². The molecule has 0 aliphatic heterocycles. The van der Waals surface area contributed by atoms with E-state index in [4.69, 9.17) is 4.98 Å².